The first-order valence-electron chi connectivity index (χ1n) is 11.3. The number of sulfonamides is 1. The fourth-order valence-corrected chi connectivity index (χ4v) is 6.11. The van der Waals surface area contributed by atoms with E-state index < -0.39 is 65.0 Å². The van der Waals surface area contributed by atoms with Crippen molar-refractivity contribution in [2.24, 2.45) is 0 Å². The van der Waals surface area contributed by atoms with Crippen molar-refractivity contribution in [3.8, 4) is 17.0 Å². The number of aryl methyl sites for hydroxylation is 1. The highest BCUT2D eigenvalue weighted by molar-refractivity contribution is 7.91. The predicted molar refractivity (Wildman–Crippen MR) is 133 cm³/mol. The molecular formula is C22H19F5N6O6S2. The number of alkyl halides is 5. The molecule has 0 unspecified atom stereocenters. The fourth-order valence-electron chi connectivity index (χ4n) is 3.47. The molecule has 1 aromatic carbocycles. The number of aromatic nitrogens is 4. The molecular weight excluding hydrogens is 603 g/mol. The van der Waals surface area contributed by atoms with Gasteiger partial charge in [0.05, 0.1) is 42.4 Å². The first-order chi connectivity index (χ1) is 19.2. The molecule has 3 heterocycles. The Bertz CT molecular complexity index is 1670. The average molecular weight is 623 g/mol. The van der Waals surface area contributed by atoms with E-state index in [0.29, 0.717) is 15.9 Å². The molecule has 0 aliphatic rings. The maximum absolute atomic E-state index is 13.8. The van der Waals surface area contributed by atoms with Gasteiger partial charge >= 0.3 is 12.3 Å². The number of nitrogens with one attached hydrogen (secondary N) is 2. The summed E-state index contributed by atoms with van der Waals surface area (Å²) in [4.78, 5) is 20.6. The zero-order valence-electron chi connectivity index (χ0n) is 20.6. The van der Waals surface area contributed by atoms with Crippen LogP contribution in [0.2, 0.25) is 0 Å². The van der Waals surface area contributed by atoms with Crippen LogP contribution in [0.3, 0.4) is 0 Å². The summed E-state index contributed by atoms with van der Waals surface area (Å²) in [6, 6.07) is 3.39. The molecule has 0 atom stereocenters. The van der Waals surface area contributed by atoms with Crippen molar-refractivity contribution in [1.82, 2.24) is 24.3 Å². The van der Waals surface area contributed by atoms with Gasteiger partial charge in [-0.2, -0.15) is 18.3 Å². The van der Waals surface area contributed by atoms with E-state index in [1.165, 1.54) is 6.92 Å². The third-order valence-corrected chi connectivity index (χ3v) is 8.57. The summed E-state index contributed by atoms with van der Waals surface area (Å²) in [7, 11) is -4.23. The summed E-state index contributed by atoms with van der Waals surface area (Å²) < 4.78 is 99.0. The zero-order chi connectivity index (χ0) is 30.1. The molecule has 3 aromatic heterocycles. The van der Waals surface area contributed by atoms with Gasteiger partial charge in [-0.1, -0.05) is 23.5 Å². The van der Waals surface area contributed by atoms with E-state index in [1.54, 1.807) is 0 Å². The smallest absolute Gasteiger partial charge is 0.404 e. The number of carbonyl (C=O) groups excluding carboxylic acids is 1. The van der Waals surface area contributed by atoms with Crippen molar-refractivity contribution >= 4 is 38.2 Å². The van der Waals surface area contributed by atoms with E-state index >= 15 is 0 Å². The lowest BCUT2D eigenvalue weighted by atomic mass is 10.1. The summed E-state index contributed by atoms with van der Waals surface area (Å²) in [5.41, 5.74) is -2.07. The first-order valence-corrected chi connectivity index (χ1v) is 13.6. The van der Waals surface area contributed by atoms with E-state index in [9.17, 15) is 35.2 Å². The molecule has 0 saturated carbocycles. The Kier molecular flexibility index (Phi) is 8.54. The average Bonchev–Trinajstić information content (AvgIpc) is 3.49. The quantitative estimate of drug-likeness (QED) is 0.205. The van der Waals surface area contributed by atoms with Crippen LogP contribution in [0.5, 0.6) is 5.75 Å². The minimum atomic E-state index is -4.61. The van der Waals surface area contributed by atoms with Crippen LogP contribution in [0.1, 0.15) is 23.4 Å². The molecule has 0 fully saturated rings. The zero-order valence-corrected chi connectivity index (χ0v) is 22.2. The van der Waals surface area contributed by atoms with Crippen LogP contribution in [-0.4, -0.2) is 63.6 Å². The molecule has 0 aliphatic carbocycles. The Labute approximate surface area is 231 Å². The van der Waals surface area contributed by atoms with Gasteiger partial charge in [-0.3, -0.25) is 5.32 Å². The molecule has 0 saturated heterocycles. The van der Waals surface area contributed by atoms with Crippen molar-refractivity contribution < 1.29 is 50.1 Å². The number of amides is 1. The van der Waals surface area contributed by atoms with Crippen LogP contribution in [0.15, 0.2) is 40.7 Å². The van der Waals surface area contributed by atoms with Gasteiger partial charge in [0.25, 0.3) is 16.4 Å². The lowest BCUT2D eigenvalue weighted by molar-refractivity contribution is -0.137. The second-order valence-corrected chi connectivity index (χ2v) is 11.2. The van der Waals surface area contributed by atoms with Gasteiger partial charge in [0, 0.05) is 5.56 Å². The molecule has 4 rings (SSSR count). The number of fused-ring (bicyclic) bond motifs is 1. The number of thiazole rings is 1. The van der Waals surface area contributed by atoms with Crippen molar-refractivity contribution in [3.63, 3.8) is 0 Å². The van der Waals surface area contributed by atoms with Crippen molar-refractivity contribution in [2.75, 3.05) is 18.5 Å². The molecule has 19 heteroatoms. The van der Waals surface area contributed by atoms with Crippen molar-refractivity contribution in [2.45, 2.75) is 29.8 Å². The summed E-state index contributed by atoms with van der Waals surface area (Å²) >= 11 is 0.530. The number of hydrogen-bond acceptors (Lipinski definition) is 10. The lowest BCUT2D eigenvalue weighted by Crippen LogP contribution is -2.39. The Morgan fingerprint density at radius 1 is 1.15 bits per heavy atom. The largest absolute Gasteiger partial charge is 0.419 e. The van der Waals surface area contributed by atoms with Gasteiger partial charge in [-0.05, 0) is 25.1 Å². The number of anilines is 1. The Hall–Kier alpha value is -3.78. The SMILES string of the molecule is Cc1nc(NC(=O)Oc2cnn3c(C(F)F)cc(-c4ccc(C(F)(F)F)cc4)nc23)sc1S(=O)(=O)NC(CO)CO. The maximum Gasteiger partial charge on any atom is 0.419 e. The molecule has 4 aromatic rings. The van der Waals surface area contributed by atoms with Gasteiger partial charge < -0.3 is 14.9 Å². The van der Waals surface area contributed by atoms with E-state index in [2.05, 4.69) is 25.1 Å². The number of rotatable bonds is 9. The molecule has 0 spiro atoms. The third kappa shape index (κ3) is 6.59. The number of aliphatic hydroxyl groups excluding tert-OH is 2. The highest BCUT2D eigenvalue weighted by Gasteiger charge is 2.30. The Morgan fingerprint density at radius 2 is 1.80 bits per heavy atom. The maximum atomic E-state index is 13.8. The Morgan fingerprint density at radius 3 is 2.39 bits per heavy atom. The molecule has 0 aliphatic heterocycles. The van der Waals surface area contributed by atoms with E-state index in [1.807, 2.05) is 0 Å². The van der Waals surface area contributed by atoms with Crippen LogP contribution in [0.4, 0.5) is 31.9 Å². The molecule has 0 radical (unpaired) electrons. The number of aliphatic hydroxyl groups is 2. The Balaban J connectivity index is 1.60. The number of halogens is 5. The summed E-state index contributed by atoms with van der Waals surface area (Å²) in [5, 5.41) is 24.0. The molecule has 220 valence electrons. The van der Waals surface area contributed by atoms with Gasteiger partial charge in [0.2, 0.25) is 0 Å². The van der Waals surface area contributed by atoms with Gasteiger partial charge in [-0.15, -0.1) is 0 Å². The van der Waals surface area contributed by atoms with Gasteiger partial charge in [-0.25, -0.2) is 41.2 Å². The molecule has 4 N–H and O–H groups in total. The van der Waals surface area contributed by atoms with Gasteiger partial charge in [0.1, 0.15) is 5.69 Å². The number of benzene rings is 1. The molecule has 41 heavy (non-hydrogen) atoms. The highest BCUT2D eigenvalue weighted by atomic mass is 32.2. The van der Waals surface area contributed by atoms with Crippen LogP contribution >= 0.6 is 11.3 Å². The van der Waals surface area contributed by atoms with Crippen LogP contribution < -0.4 is 14.8 Å². The molecule has 0 bridgehead atoms. The number of carbonyl (C=O) groups is 1. The van der Waals surface area contributed by atoms with E-state index in [-0.39, 0.29) is 31.9 Å². The standard InChI is InChI=1S/C22H19F5N6O6S2/c1-10-19(41(37,38)32-13(8-34)9-35)40-20(29-10)31-21(36)39-16-7-28-33-15(17(23)24)6-14(30-18(16)33)11-2-4-12(5-3-11)22(25,26)27/h2-7,13,17,32,34-35H,8-9H2,1H3,(H,29,31,36). The van der Waals surface area contributed by atoms with Crippen LogP contribution in [0, 0.1) is 6.92 Å². The van der Waals surface area contributed by atoms with Crippen molar-refractivity contribution in [3.05, 3.63) is 53.5 Å². The fraction of sp³-hybridized carbons (Fsp3) is 0.273. The lowest BCUT2D eigenvalue weighted by Gasteiger charge is -2.12. The van der Waals surface area contributed by atoms with Crippen LogP contribution in [0.25, 0.3) is 16.9 Å². The second-order valence-electron chi connectivity index (χ2n) is 8.28. The summed E-state index contributed by atoms with van der Waals surface area (Å²) in [6.07, 6.45) is -7.99. The van der Waals surface area contributed by atoms with Gasteiger partial charge in [0.15, 0.2) is 20.7 Å². The summed E-state index contributed by atoms with van der Waals surface area (Å²) in [5.74, 6) is -0.394. The number of ether oxygens (including phenoxy) is 1. The predicted octanol–water partition coefficient (Wildman–Crippen LogP) is 3.36. The third-order valence-electron chi connectivity index (χ3n) is 5.37. The highest BCUT2D eigenvalue weighted by Crippen LogP contribution is 2.33. The van der Waals surface area contributed by atoms with Crippen molar-refractivity contribution in [1.29, 1.82) is 0 Å². The van der Waals surface area contributed by atoms with Crippen LogP contribution in [-0.2, 0) is 16.2 Å². The topological polar surface area (TPSA) is 168 Å². The minimum absolute atomic E-state index is 0.0205. The number of hydrogen-bond donors (Lipinski definition) is 4. The second kappa shape index (κ2) is 11.6. The van der Waals surface area contributed by atoms with E-state index in [0.717, 1.165) is 36.5 Å². The van der Waals surface area contributed by atoms with E-state index in [4.69, 9.17) is 14.9 Å². The minimum Gasteiger partial charge on any atom is -0.404 e. The molecule has 1 amide bonds. The normalized spacial score (nSPS) is 12.4. The molecule has 12 nitrogen and oxygen atoms in total. The summed E-state index contributed by atoms with van der Waals surface area (Å²) in [6.45, 7) is -0.0165. The first kappa shape index (κ1) is 30.2. The monoisotopic (exact) mass is 622 g/mol. The number of nitrogens with zero attached hydrogens (tertiary/aromatic N) is 4.